The smallest absolute Gasteiger partial charge is 0.245 e. The molecule has 5 heteroatoms. The van der Waals surface area contributed by atoms with E-state index in [9.17, 15) is 8.78 Å². The first-order chi connectivity index (χ1) is 6.56. The molecule has 0 aliphatic rings. The monoisotopic (exact) mass is 260 g/mol. The minimum absolute atomic E-state index is 0.103. The molecule has 0 spiro atoms. The third-order valence-corrected chi connectivity index (χ3v) is 2.44. The van der Waals surface area contributed by atoms with Crippen LogP contribution in [0.1, 0.15) is 23.2 Å². The van der Waals surface area contributed by atoms with Crippen molar-refractivity contribution < 1.29 is 8.78 Å². The molecule has 1 heterocycles. The van der Waals surface area contributed by atoms with Crippen molar-refractivity contribution >= 4 is 15.9 Å². The Bertz CT molecular complexity index is 385. The molecule has 0 saturated heterocycles. The fourth-order valence-corrected chi connectivity index (χ4v) is 1.61. The van der Waals surface area contributed by atoms with Gasteiger partial charge in [-0.2, -0.15) is 5.26 Å². The van der Waals surface area contributed by atoms with Crippen LogP contribution in [0.5, 0.6) is 0 Å². The Hall–Kier alpha value is -1.02. The summed E-state index contributed by atoms with van der Waals surface area (Å²) in [5.41, 5.74) is 0.981. The molecule has 0 aliphatic carbocycles. The Morgan fingerprint density at radius 3 is 2.79 bits per heavy atom. The minimum Gasteiger partial charge on any atom is -0.245 e. The molecule has 0 saturated carbocycles. The second kappa shape index (κ2) is 4.47. The lowest BCUT2D eigenvalue weighted by atomic mass is 10.1. The van der Waals surface area contributed by atoms with Crippen LogP contribution in [-0.4, -0.2) is 4.98 Å². The van der Waals surface area contributed by atoms with Crippen molar-refractivity contribution in [1.29, 1.82) is 5.26 Å². The largest absolute Gasteiger partial charge is 0.266 e. The lowest BCUT2D eigenvalue weighted by molar-refractivity contribution is 0.150. The van der Waals surface area contributed by atoms with Gasteiger partial charge in [-0.25, -0.2) is 13.8 Å². The van der Waals surface area contributed by atoms with Gasteiger partial charge in [0.15, 0.2) is 0 Å². The van der Waals surface area contributed by atoms with Gasteiger partial charge in [-0.05, 0) is 34.5 Å². The predicted molar refractivity (Wildman–Crippen MR) is 50.9 cm³/mol. The number of alkyl halides is 2. The number of hydrogen-bond donors (Lipinski definition) is 0. The molecule has 1 aromatic rings. The van der Waals surface area contributed by atoms with Crippen molar-refractivity contribution in [2.24, 2.45) is 0 Å². The van der Waals surface area contributed by atoms with Crippen molar-refractivity contribution in [2.75, 3.05) is 0 Å². The Morgan fingerprint density at radius 1 is 1.64 bits per heavy atom. The van der Waals surface area contributed by atoms with E-state index < -0.39 is 6.43 Å². The van der Waals surface area contributed by atoms with Gasteiger partial charge in [0.05, 0.1) is 18.1 Å². The summed E-state index contributed by atoms with van der Waals surface area (Å²) in [5.74, 6) is 0. The van der Waals surface area contributed by atoms with Crippen LogP contribution in [-0.2, 0) is 6.42 Å². The summed E-state index contributed by atoms with van der Waals surface area (Å²) in [6.45, 7) is 1.69. The van der Waals surface area contributed by atoms with Crippen LogP contribution in [0.4, 0.5) is 8.78 Å². The summed E-state index contributed by atoms with van der Waals surface area (Å²) in [7, 11) is 0. The van der Waals surface area contributed by atoms with Crippen LogP contribution in [0.15, 0.2) is 10.7 Å². The zero-order valence-electron chi connectivity index (χ0n) is 7.39. The van der Waals surface area contributed by atoms with Gasteiger partial charge in [-0.15, -0.1) is 0 Å². The van der Waals surface area contributed by atoms with Gasteiger partial charge >= 0.3 is 0 Å². The molecular weight excluding hydrogens is 254 g/mol. The van der Waals surface area contributed by atoms with Gasteiger partial charge in [0.2, 0.25) is 0 Å². The number of rotatable bonds is 2. The second-order valence-electron chi connectivity index (χ2n) is 2.75. The maximum Gasteiger partial charge on any atom is 0.266 e. The molecule has 0 bridgehead atoms. The third kappa shape index (κ3) is 2.26. The molecule has 74 valence electrons. The number of aryl methyl sites for hydroxylation is 1. The molecule has 0 aromatic carbocycles. The van der Waals surface area contributed by atoms with Crippen molar-refractivity contribution in [3.8, 4) is 6.07 Å². The third-order valence-electron chi connectivity index (χ3n) is 1.80. The van der Waals surface area contributed by atoms with Gasteiger partial charge in [-0.1, -0.05) is 0 Å². The first-order valence-electron chi connectivity index (χ1n) is 3.87. The van der Waals surface area contributed by atoms with Crippen molar-refractivity contribution in [3.63, 3.8) is 0 Å². The molecule has 2 nitrogen and oxygen atoms in total. The lowest BCUT2D eigenvalue weighted by Gasteiger charge is -2.07. The Balaban J connectivity index is 3.21. The number of hydrogen-bond acceptors (Lipinski definition) is 2. The highest BCUT2D eigenvalue weighted by Crippen LogP contribution is 2.27. The first kappa shape index (κ1) is 11.1. The van der Waals surface area contributed by atoms with Gasteiger partial charge in [0.25, 0.3) is 6.43 Å². The van der Waals surface area contributed by atoms with Gasteiger partial charge in [-0.3, -0.25) is 0 Å². The van der Waals surface area contributed by atoms with Crippen molar-refractivity contribution in [1.82, 2.24) is 4.98 Å². The first-order valence-corrected chi connectivity index (χ1v) is 4.66. The van der Waals surface area contributed by atoms with Crippen LogP contribution in [0.2, 0.25) is 0 Å². The highest BCUT2D eigenvalue weighted by atomic mass is 79.9. The van der Waals surface area contributed by atoms with Crippen LogP contribution in [0.25, 0.3) is 0 Å². The van der Waals surface area contributed by atoms with Crippen LogP contribution in [0.3, 0.4) is 0 Å². The molecule has 0 unspecified atom stereocenters. The summed E-state index contributed by atoms with van der Waals surface area (Å²) >= 11 is 2.96. The molecule has 1 aromatic heterocycles. The highest BCUT2D eigenvalue weighted by Gasteiger charge is 2.15. The number of nitrogens with zero attached hydrogens (tertiary/aromatic N) is 2. The van der Waals surface area contributed by atoms with E-state index in [1.165, 1.54) is 6.07 Å². The van der Waals surface area contributed by atoms with Gasteiger partial charge < -0.3 is 0 Å². The quantitative estimate of drug-likeness (QED) is 0.766. The molecule has 0 amide bonds. The van der Waals surface area contributed by atoms with Crippen molar-refractivity contribution in [3.05, 3.63) is 27.5 Å². The van der Waals surface area contributed by atoms with Crippen LogP contribution < -0.4 is 0 Å². The zero-order chi connectivity index (χ0) is 10.7. The van der Waals surface area contributed by atoms with E-state index in [0.29, 0.717) is 11.3 Å². The summed E-state index contributed by atoms with van der Waals surface area (Å²) in [5, 5.41) is 8.47. The van der Waals surface area contributed by atoms with E-state index in [1.54, 1.807) is 6.92 Å². The molecule has 0 atom stereocenters. The average molecular weight is 261 g/mol. The molecule has 0 aliphatic heterocycles. The summed E-state index contributed by atoms with van der Waals surface area (Å²) in [6, 6.07) is 3.23. The molecule has 0 radical (unpaired) electrons. The average Bonchev–Trinajstić information content (AvgIpc) is 2.09. The molecule has 0 N–H and O–H groups in total. The number of nitriles is 1. The molecule has 14 heavy (non-hydrogen) atoms. The SMILES string of the molecule is Cc1nc(Br)c(C(F)F)cc1CC#N. The van der Waals surface area contributed by atoms with Gasteiger partial charge in [0.1, 0.15) is 4.60 Å². The van der Waals surface area contributed by atoms with Crippen LogP contribution in [0, 0.1) is 18.3 Å². The van der Waals surface area contributed by atoms with E-state index in [4.69, 9.17) is 5.26 Å². The van der Waals surface area contributed by atoms with Crippen LogP contribution >= 0.6 is 15.9 Å². The Kier molecular flexibility index (Phi) is 3.53. The van der Waals surface area contributed by atoms with E-state index in [2.05, 4.69) is 20.9 Å². The number of halogens is 3. The molecule has 1 rings (SSSR count). The van der Waals surface area contributed by atoms with E-state index in [-0.39, 0.29) is 16.6 Å². The second-order valence-corrected chi connectivity index (χ2v) is 3.50. The number of aromatic nitrogens is 1. The molecule has 0 fully saturated rings. The molecular formula is C9H7BrF2N2. The Labute approximate surface area is 88.7 Å². The van der Waals surface area contributed by atoms with E-state index in [1.807, 2.05) is 6.07 Å². The van der Waals surface area contributed by atoms with E-state index >= 15 is 0 Å². The Morgan fingerprint density at radius 2 is 2.29 bits per heavy atom. The normalized spacial score (nSPS) is 10.3. The highest BCUT2D eigenvalue weighted by molar-refractivity contribution is 9.10. The van der Waals surface area contributed by atoms with E-state index in [0.717, 1.165) is 0 Å². The topological polar surface area (TPSA) is 36.7 Å². The fraction of sp³-hybridized carbons (Fsp3) is 0.333. The zero-order valence-corrected chi connectivity index (χ0v) is 8.98. The standard InChI is InChI=1S/C9H7BrF2N2/c1-5-6(2-3-13)4-7(9(11)12)8(10)14-5/h4,9H,2H2,1H3. The number of pyridine rings is 1. The maximum absolute atomic E-state index is 12.4. The lowest BCUT2D eigenvalue weighted by Crippen LogP contribution is -1.98. The predicted octanol–water partition coefficient (Wildman–Crippen LogP) is 3.16. The van der Waals surface area contributed by atoms with Crippen molar-refractivity contribution in [2.45, 2.75) is 19.8 Å². The summed E-state index contributed by atoms with van der Waals surface area (Å²) < 4.78 is 25.0. The van der Waals surface area contributed by atoms with Gasteiger partial charge in [0, 0.05) is 5.69 Å². The minimum atomic E-state index is -2.57. The fourth-order valence-electron chi connectivity index (χ4n) is 1.05. The summed E-state index contributed by atoms with van der Waals surface area (Å²) in [4.78, 5) is 3.90. The summed E-state index contributed by atoms with van der Waals surface area (Å²) in [6.07, 6.45) is -2.47. The maximum atomic E-state index is 12.4.